The summed E-state index contributed by atoms with van der Waals surface area (Å²) in [5.74, 6) is 1.71. The number of nitrogens with zero attached hydrogens (tertiary/aromatic N) is 6. The van der Waals surface area contributed by atoms with Gasteiger partial charge >= 0.3 is 0 Å². The maximum absolute atomic E-state index is 5.56. The van der Waals surface area contributed by atoms with Crippen LogP contribution in [0.15, 0.2) is 262 Å². The lowest BCUT2D eigenvalue weighted by atomic mass is 10.0. The molecular weight excluding hydrogens is 885 g/mol. The van der Waals surface area contributed by atoms with Gasteiger partial charge in [0.25, 0.3) is 0 Å². The molecule has 0 bridgehead atoms. The monoisotopic (exact) mass is 932 g/mol. The van der Waals surface area contributed by atoms with Crippen molar-refractivity contribution in [3.63, 3.8) is 0 Å². The second kappa shape index (κ2) is 16.6. The fourth-order valence-corrected chi connectivity index (χ4v) is 15.3. The Labute approximate surface area is 414 Å². The van der Waals surface area contributed by atoms with Crippen molar-refractivity contribution in [3.8, 4) is 34.4 Å². The minimum atomic E-state index is -2.10. The lowest BCUT2D eigenvalue weighted by Gasteiger charge is -2.43. The highest BCUT2D eigenvalue weighted by Crippen LogP contribution is 2.74. The number of hydrogen-bond acceptors (Lipinski definition) is 4. The van der Waals surface area contributed by atoms with Crippen LogP contribution in [0.25, 0.3) is 78.0 Å². The molecule has 1 aliphatic carbocycles. The number of aromatic nitrogens is 5. The van der Waals surface area contributed by atoms with E-state index in [-0.39, 0.29) is 0 Å². The SMILES string of the molecule is CC1CC=C2CC2N1c1cccc(S(c2ccccc2)(c2ccccc2)c2cccc(-c3nc(-n4c5ccccc5c5ccccc54)nc(-n4c5ccccc5c5cc(-c6ccccc6)ccc54)n3)c2)c1. The second-order valence-electron chi connectivity index (χ2n) is 18.8. The molecule has 1 saturated carbocycles. The van der Waals surface area contributed by atoms with Gasteiger partial charge in [-0.25, -0.2) is 0 Å². The minimum Gasteiger partial charge on any atom is -0.361 e. The molecule has 0 radical (unpaired) electrons. The molecule has 7 heteroatoms. The summed E-state index contributed by atoms with van der Waals surface area (Å²) >= 11 is 0. The zero-order valence-electron chi connectivity index (χ0n) is 39.2. The van der Waals surface area contributed by atoms with Gasteiger partial charge in [0, 0.05) is 58.4 Å². The number of anilines is 1. The highest BCUT2D eigenvalue weighted by molar-refractivity contribution is 8.34. The largest absolute Gasteiger partial charge is 0.361 e. The molecule has 340 valence electrons. The average molecular weight is 933 g/mol. The topological polar surface area (TPSA) is 51.8 Å². The third kappa shape index (κ3) is 6.68. The van der Waals surface area contributed by atoms with Crippen molar-refractivity contribution in [3.05, 3.63) is 242 Å². The summed E-state index contributed by atoms with van der Waals surface area (Å²) in [6.45, 7) is 2.37. The molecule has 9 aromatic carbocycles. The molecule has 12 aromatic rings. The van der Waals surface area contributed by atoms with Crippen LogP contribution in [0.3, 0.4) is 0 Å². The molecule has 14 rings (SSSR count). The van der Waals surface area contributed by atoms with Crippen LogP contribution in [0.2, 0.25) is 0 Å². The summed E-state index contributed by atoms with van der Waals surface area (Å²) in [4.78, 5) is 24.3. The van der Waals surface area contributed by atoms with Crippen molar-refractivity contribution in [2.45, 2.75) is 51.4 Å². The average Bonchev–Trinajstić information content (AvgIpc) is 4.05. The summed E-state index contributed by atoms with van der Waals surface area (Å²) < 4.78 is 4.44. The van der Waals surface area contributed by atoms with E-state index in [9.17, 15) is 0 Å². The van der Waals surface area contributed by atoms with E-state index < -0.39 is 10.0 Å². The van der Waals surface area contributed by atoms with Gasteiger partial charge in [0.15, 0.2) is 5.82 Å². The zero-order chi connectivity index (χ0) is 47.0. The van der Waals surface area contributed by atoms with Crippen LogP contribution in [-0.4, -0.2) is 36.2 Å². The third-order valence-electron chi connectivity index (χ3n) is 14.7. The summed E-state index contributed by atoms with van der Waals surface area (Å²) in [5, 5.41) is 4.57. The molecular formula is C64H48N6S. The summed E-state index contributed by atoms with van der Waals surface area (Å²) in [6, 6.07) is 84.7. The Morgan fingerprint density at radius 3 is 1.52 bits per heavy atom. The van der Waals surface area contributed by atoms with E-state index in [1.165, 1.54) is 30.8 Å². The molecule has 1 fully saturated rings. The minimum absolute atomic E-state index is 0.421. The van der Waals surface area contributed by atoms with Gasteiger partial charge in [0.1, 0.15) is 0 Å². The van der Waals surface area contributed by atoms with Crippen molar-refractivity contribution in [1.82, 2.24) is 24.1 Å². The zero-order valence-corrected chi connectivity index (χ0v) is 40.0. The highest BCUT2D eigenvalue weighted by atomic mass is 32.3. The van der Waals surface area contributed by atoms with Gasteiger partial charge in [-0.3, -0.25) is 9.13 Å². The lowest BCUT2D eigenvalue weighted by Crippen LogP contribution is -2.36. The van der Waals surface area contributed by atoms with Gasteiger partial charge in [-0.1, -0.05) is 152 Å². The fourth-order valence-electron chi connectivity index (χ4n) is 11.4. The van der Waals surface area contributed by atoms with Crippen LogP contribution >= 0.6 is 10.0 Å². The van der Waals surface area contributed by atoms with E-state index in [0.717, 1.165) is 67.6 Å². The smallest absolute Gasteiger partial charge is 0.240 e. The first-order chi connectivity index (χ1) is 35.1. The van der Waals surface area contributed by atoms with Crippen LogP contribution in [-0.2, 0) is 0 Å². The van der Waals surface area contributed by atoms with Crippen molar-refractivity contribution < 1.29 is 0 Å². The number of fused-ring (bicyclic) bond motifs is 7. The summed E-state index contributed by atoms with van der Waals surface area (Å²) in [5.41, 5.74) is 10.2. The number of para-hydroxylation sites is 3. The van der Waals surface area contributed by atoms with Crippen molar-refractivity contribution in [2.24, 2.45) is 0 Å². The van der Waals surface area contributed by atoms with E-state index in [4.69, 9.17) is 15.0 Å². The molecule has 71 heavy (non-hydrogen) atoms. The predicted octanol–water partition coefficient (Wildman–Crippen LogP) is 16.0. The maximum atomic E-state index is 5.56. The quantitative estimate of drug-likeness (QED) is 0.135. The first-order valence-corrected chi connectivity index (χ1v) is 26.2. The molecule has 0 saturated heterocycles. The summed E-state index contributed by atoms with van der Waals surface area (Å²) in [6.07, 6.45) is 4.69. The van der Waals surface area contributed by atoms with Crippen LogP contribution in [0.5, 0.6) is 0 Å². The Hall–Kier alpha value is -8.52. The number of benzene rings is 9. The normalized spacial score (nSPS) is 15.8. The molecule has 2 aliphatic rings. The Morgan fingerprint density at radius 1 is 0.408 bits per heavy atom. The lowest BCUT2D eigenvalue weighted by molar-refractivity contribution is 0.629. The maximum Gasteiger partial charge on any atom is 0.240 e. The Morgan fingerprint density at radius 2 is 0.901 bits per heavy atom. The number of rotatable bonds is 9. The molecule has 6 nitrogen and oxygen atoms in total. The Kier molecular flexibility index (Phi) is 9.68. The van der Waals surface area contributed by atoms with Gasteiger partial charge in [0.05, 0.1) is 28.1 Å². The first-order valence-electron chi connectivity index (χ1n) is 24.6. The highest BCUT2D eigenvalue weighted by Gasteiger charge is 2.42. The van der Waals surface area contributed by atoms with Gasteiger partial charge in [-0.05, 0) is 121 Å². The van der Waals surface area contributed by atoms with E-state index in [0.29, 0.717) is 29.8 Å². The fraction of sp³-hybridized carbons (Fsp3) is 0.0781. The molecule has 0 N–H and O–H groups in total. The Bertz CT molecular complexity index is 3950. The van der Waals surface area contributed by atoms with Crippen LogP contribution < -0.4 is 4.90 Å². The predicted molar refractivity (Wildman–Crippen MR) is 292 cm³/mol. The van der Waals surface area contributed by atoms with E-state index in [2.05, 4.69) is 258 Å². The molecule has 2 atom stereocenters. The molecule has 4 heterocycles. The molecule has 1 aliphatic heterocycles. The van der Waals surface area contributed by atoms with Gasteiger partial charge in [-0.2, -0.15) is 15.0 Å². The van der Waals surface area contributed by atoms with Gasteiger partial charge in [-0.15, -0.1) is 10.0 Å². The van der Waals surface area contributed by atoms with Crippen molar-refractivity contribution in [2.75, 3.05) is 4.90 Å². The van der Waals surface area contributed by atoms with Crippen LogP contribution in [0.4, 0.5) is 5.69 Å². The molecule has 2 unspecified atom stereocenters. The van der Waals surface area contributed by atoms with Crippen LogP contribution in [0, 0.1) is 0 Å². The Balaban J connectivity index is 1.03. The van der Waals surface area contributed by atoms with Gasteiger partial charge in [0.2, 0.25) is 11.9 Å². The third-order valence-corrected chi connectivity index (χ3v) is 18.6. The number of hydrogen-bond donors (Lipinski definition) is 0. The van der Waals surface area contributed by atoms with Crippen molar-refractivity contribution in [1.29, 1.82) is 0 Å². The van der Waals surface area contributed by atoms with E-state index >= 15 is 0 Å². The first kappa shape index (κ1) is 41.5. The van der Waals surface area contributed by atoms with Gasteiger partial charge < -0.3 is 4.90 Å². The van der Waals surface area contributed by atoms with Crippen molar-refractivity contribution >= 4 is 59.3 Å². The van der Waals surface area contributed by atoms with E-state index in [1.807, 2.05) is 0 Å². The standard InChI is InChI=1S/C64H48N6S/c1-43-35-36-46-41-61(46)68(43)48-22-18-28-52(42-48)71(49-23-7-3-8-24-49,50-25-9-4-10-26-50)51-27-17-21-47(39-51)62-65-63(69-57-32-14-11-29-53(57)54-30-12-15-33-58(54)69)67-64(66-62)70-59-34-16-13-31-55(59)56-40-45(37-38-60(56)70)44-19-5-2-6-20-44/h2-34,36-40,42-43,61H,35,41H2,1H3. The second-order valence-corrected chi connectivity index (χ2v) is 21.9. The molecule has 0 spiro atoms. The van der Waals surface area contributed by atoms with Crippen LogP contribution in [0.1, 0.15) is 19.8 Å². The molecule has 0 amide bonds. The molecule has 3 aromatic heterocycles. The van der Waals surface area contributed by atoms with E-state index in [1.54, 1.807) is 5.57 Å². The summed E-state index contributed by atoms with van der Waals surface area (Å²) in [7, 11) is -2.10.